The Balaban J connectivity index is 1.39. The zero-order valence-corrected chi connectivity index (χ0v) is 26.7. The van der Waals surface area contributed by atoms with Crippen LogP contribution in [0.2, 0.25) is 0 Å². The molecule has 1 aliphatic heterocycles. The third-order valence-electron chi connectivity index (χ3n) is 8.08. The van der Waals surface area contributed by atoms with Crippen molar-refractivity contribution >= 4 is 21.5 Å². The Morgan fingerprint density at radius 2 is 1.04 bits per heavy atom. The number of benzene rings is 4. The average molecular weight is 657 g/mol. The first kappa shape index (κ1) is 31.9. The second kappa shape index (κ2) is 14.6. The third kappa shape index (κ3) is 7.33. The molecule has 0 radical (unpaired) electrons. The zero-order chi connectivity index (χ0) is 31.9. The van der Waals surface area contributed by atoms with Gasteiger partial charge in [0.1, 0.15) is 36.9 Å². The highest BCUT2D eigenvalue weighted by molar-refractivity contribution is 7.86. The summed E-state index contributed by atoms with van der Waals surface area (Å²) in [6.45, 7) is -0.433. The van der Waals surface area contributed by atoms with Crippen LogP contribution in [-0.2, 0) is 23.3 Å². The molecule has 0 aliphatic carbocycles. The van der Waals surface area contributed by atoms with E-state index >= 15 is 0 Å². The lowest BCUT2D eigenvalue weighted by atomic mass is 9.99. The molecule has 0 bridgehead atoms. The van der Waals surface area contributed by atoms with Gasteiger partial charge in [-0.1, -0.05) is 97.1 Å². The van der Waals surface area contributed by atoms with E-state index in [1.807, 2.05) is 109 Å². The summed E-state index contributed by atoms with van der Waals surface area (Å²) in [7, 11) is -4.33. The standard InChI is InChI=1S/C36H36N2O6S2/c39-35-32(25-43-30-13-6-2-7-14-30)37(23-27-11-4-1-5-12-27)46(41,42)38(33(36(35)40)26-44-31-15-8-3-9-16-31)24-28-18-20-29(21-19-28)34-17-10-22-45-34/h1-22,32-33,35-36,39-40H,23-26H2/t32-,33?,35+,36?/m0/s1. The Bertz CT molecular complexity index is 1760. The Labute approximate surface area is 273 Å². The first-order valence-electron chi connectivity index (χ1n) is 15.1. The highest BCUT2D eigenvalue weighted by Gasteiger charge is 2.51. The van der Waals surface area contributed by atoms with E-state index in [1.54, 1.807) is 35.6 Å². The Hall–Kier alpha value is -4.03. The molecule has 0 spiro atoms. The van der Waals surface area contributed by atoms with Crippen LogP contribution in [0.1, 0.15) is 11.1 Å². The van der Waals surface area contributed by atoms with Crippen LogP contribution in [0.3, 0.4) is 0 Å². The zero-order valence-electron chi connectivity index (χ0n) is 25.1. The van der Waals surface area contributed by atoms with Crippen molar-refractivity contribution in [2.24, 2.45) is 0 Å². The van der Waals surface area contributed by atoms with E-state index in [1.165, 1.54) is 8.61 Å². The smallest absolute Gasteiger partial charge is 0.283 e. The van der Waals surface area contributed by atoms with Gasteiger partial charge in [0.15, 0.2) is 0 Å². The number of ether oxygens (including phenoxy) is 2. The molecule has 1 saturated heterocycles. The molecule has 2 heterocycles. The molecule has 238 valence electrons. The summed E-state index contributed by atoms with van der Waals surface area (Å²) < 4.78 is 44.3. The lowest BCUT2D eigenvalue weighted by molar-refractivity contribution is -0.0565. The van der Waals surface area contributed by atoms with Crippen LogP contribution in [0.4, 0.5) is 0 Å². The van der Waals surface area contributed by atoms with Crippen LogP contribution in [0.5, 0.6) is 11.5 Å². The molecule has 10 heteroatoms. The molecule has 46 heavy (non-hydrogen) atoms. The molecule has 2 unspecified atom stereocenters. The van der Waals surface area contributed by atoms with Crippen molar-refractivity contribution in [3.63, 3.8) is 0 Å². The fraction of sp³-hybridized carbons (Fsp3) is 0.222. The van der Waals surface area contributed by atoms with E-state index in [9.17, 15) is 18.6 Å². The van der Waals surface area contributed by atoms with Crippen molar-refractivity contribution in [3.05, 3.63) is 144 Å². The minimum Gasteiger partial charge on any atom is -0.492 e. The van der Waals surface area contributed by atoms with Gasteiger partial charge in [-0.3, -0.25) is 0 Å². The molecule has 4 aromatic carbocycles. The summed E-state index contributed by atoms with van der Waals surface area (Å²) in [5.74, 6) is 1.05. The van der Waals surface area contributed by atoms with Crippen LogP contribution in [0, 0.1) is 0 Å². The van der Waals surface area contributed by atoms with Crippen LogP contribution >= 0.6 is 11.3 Å². The topological polar surface area (TPSA) is 99.5 Å². The largest absolute Gasteiger partial charge is 0.492 e. The number of nitrogens with zero attached hydrogens (tertiary/aromatic N) is 2. The SMILES string of the molecule is O=S1(=O)N(Cc2ccc(-c3cccs3)cc2)C(COc2ccccc2)C(O)[C@H](O)[C@H](COc2ccccc2)N1Cc1ccccc1. The van der Waals surface area contributed by atoms with Crippen molar-refractivity contribution in [1.29, 1.82) is 0 Å². The molecule has 4 atom stereocenters. The number of rotatable bonds is 11. The molecular formula is C36H36N2O6S2. The van der Waals surface area contributed by atoms with Crippen LogP contribution in [0.25, 0.3) is 10.4 Å². The molecule has 5 aromatic rings. The molecular weight excluding hydrogens is 621 g/mol. The van der Waals surface area contributed by atoms with E-state index in [0.717, 1.165) is 21.6 Å². The van der Waals surface area contributed by atoms with Gasteiger partial charge in [-0.15, -0.1) is 11.3 Å². The van der Waals surface area contributed by atoms with E-state index < -0.39 is 34.5 Å². The minimum absolute atomic E-state index is 0.0319. The number of para-hydroxylation sites is 2. The second-order valence-electron chi connectivity index (χ2n) is 11.1. The first-order valence-corrected chi connectivity index (χ1v) is 17.3. The van der Waals surface area contributed by atoms with Gasteiger partial charge in [0.25, 0.3) is 10.2 Å². The summed E-state index contributed by atoms with van der Waals surface area (Å²) in [5, 5.41) is 25.5. The number of aliphatic hydroxyl groups is 2. The van der Waals surface area contributed by atoms with Gasteiger partial charge >= 0.3 is 0 Å². The van der Waals surface area contributed by atoms with E-state index in [2.05, 4.69) is 0 Å². The minimum atomic E-state index is -4.33. The maximum atomic E-state index is 14.9. The van der Waals surface area contributed by atoms with Crippen LogP contribution < -0.4 is 9.47 Å². The fourth-order valence-electron chi connectivity index (χ4n) is 5.59. The number of hydrogen-bond donors (Lipinski definition) is 2. The van der Waals surface area contributed by atoms with Crippen molar-refractivity contribution < 1.29 is 28.1 Å². The predicted octanol–water partition coefficient (Wildman–Crippen LogP) is 5.59. The van der Waals surface area contributed by atoms with E-state index in [0.29, 0.717) is 11.5 Å². The van der Waals surface area contributed by atoms with Gasteiger partial charge in [0.2, 0.25) is 0 Å². The van der Waals surface area contributed by atoms with Gasteiger partial charge in [-0.2, -0.15) is 17.0 Å². The Morgan fingerprint density at radius 1 is 0.587 bits per heavy atom. The highest BCUT2D eigenvalue weighted by Crippen LogP contribution is 2.32. The Kier molecular flexibility index (Phi) is 10.1. The van der Waals surface area contributed by atoms with Gasteiger partial charge < -0.3 is 19.7 Å². The molecule has 0 amide bonds. The normalized spacial score (nSPS) is 21.8. The average Bonchev–Trinajstić information content (AvgIpc) is 3.63. The lowest BCUT2D eigenvalue weighted by Crippen LogP contribution is -2.52. The van der Waals surface area contributed by atoms with Gasteiger partial charge in [-0.25, -0.2) is 0 Å². The van der Waals surface area contributed by atoms with Gasteiger partial charge in [-0.05, 0) is 52.4 Å². The monoisotopic (exact) mass is 656 g/mol. The fourth-order valence-corrected chi connectivity index (χ4v) is 8.27. The summed E-state index contributed by atoms with van der Waals surface area (Å²) in [4.78, 5) is 1.11. The second-order valence-corrected chi connectivity index (χ2v) is 13.9. The van der Waals surface area contributed by atoms with Crippen molar-refractivity contribution in [1.82, 2.24) is 8.61 Å². The maximum absolute atomic E-state index is 14.9. The maximum Gasteiger partial charge on any atom is 0.283 e. The van der Waals surface area contributed by atoms with E-state index in [4.69, 9.17) is 9.47 Å². The summed E-state index contributed by atoms with van der Waals surface area (Å²) in [5.41, 5.74) is 2.49. The Morgan fingerprint density at radius 3 is 1.50 bits per heavy atom. The van der Waals surface area contributed by atoms with Crippen molar-refractivity contribution in [2.45, 2.75) is 37.4 Å². The number of aliphatic hydroxyl groups excluding tert-OH is 2. The van der Waals surface area contributed by atoms with Crippen LogP contribution in [0.15, 0.2) is 133 Å². The third-order valence-corrected chi connectivity index (χ3v) is 11.0. The molecule has 2 N–H and O–H groups in total. The molecule has 8 nitrogen and oxygen atoms in total. The molecule has 1 fully saturated rings. The predicted molar refractivity (Wildman–Crippen MR) is 180 cm³/mol. The van der Waals surface area contributed by atoms with Gasteiger partial charge in [0, 0.05) is 18.0 Å². The quantitative estimate of drug-likeness (QED) is 0.192. The van der Waals surface area contributed by atoms with Gasteiger partial charge in [0.05, 0.1) is 12.1 Å². The summed E-state index contributed by atoms with van der Waals surface area (Å²) >= 11 is 1.63. The molecule has 1 aromatic heterocycles. The summed E-state index contributed by atoms with van der Waals surface area (Å²) in [6, 6.07) is 36.7. The first-order chi connectivity index (χ1) is 22.4. The number of hydrogen-bond acceptors (Lipinski definition) is 7. The van der Waals surface area contributed by atoms with Crippen LogP contribution in [-0.4, -0.2) is 64.7 Å². The number of thiophene rings is 1. The molecule has 6 rings (SSSR count). The lowest BCUT2D eigenvalue weighted by Gasteiger charge is -2.34. The highest BCUT2D eigenvalue weighted by atomic mass is 32.2. The van der Waals surface area contributed by atoms with Crippen molar-refractivity contribution in [2.75, 3.05) is 13.2 Å². The molecule has 0 saturated carbocycles. The molecule has 1 aliphatic rings. The summed E-state index contributed by atoms with van der Waals surface area (Å²) in [6.07, 6.45) is -2.98. The van der Waals surface area contributed by atoms with Crippen molar-refractivity contribution in [3.8, 4) is 21.9 Å². The van der Waals surface area contributed by atoms with E-state index in [-0.39, 0.29) is 26.3 Å².